The minimum atomic E-state index is -1.11. The van der Waals surface area contributed by atoms with Crippen LogP contribution < -0.4 is 11.1 Å². The number of hydrogen-bond acceptors (Lipinski definition) is 5. The van der Waals surface area contributed by atoms with Gasteiger partial charge in [0.15, 0.2) is 0 Å². The van der Waals surface area contributed by atoms with E-state index in [1.54, 1.807) is 36.4 Å². The molecule has 2 amide bonds. The Morgan fingerprint density at radius 1 is 1.15 bits per heavy atom. The normalized spacial score (nSPS) is 11.7. The van der Waals surface area contributed by atoms with Crippen molar-refractivity contribution in [3.63, 3.8) is 0 Å². The number of carbonyl (C=O) groups excluding carboxylic acids is 3. The van der Waals surface area contributed by atoms with Gasteiger partial charge in [-0.3, -0.25) is 19.0 Å². The summed E-state index contributed by atoms with van der Waals surface area (Å²) in [5, 5.41) is 2.56. The predicted octanol–water partition coefficient (Wildman–Crippen LogP) is 0.861. The lowest BCUT2D eigenvalue weighted by molar-refractivity contribution is -0.137. The monoisotopic (exact) mass is 352 g/mol. The van der Waals surface area contributed by atoms with Gasteiger partial charge in [0, 0.05) is 12.5 Å². The Kier molecular flexibility index (Phi) is 4.93. The molecule has 1 atom stereocenters. The largest absolute Gasteiger partial charge is 0.448 e. The molecule has 1 aromatic carbocycles. The zero-order valence-electron chi connectivity index (χ0n) is 13.7. The number of rotatable bonds is 7. The number of nitrogens with two attached hydrogens (primary N) is 1. The van der Waals surface area contributed by atoms with E-state index in [1.807, 2.05) is 6.07 Å². The highest BCUT2D eigenvalue weighted by Crippen LogP contribution is 2.12. The lowest BCUT2D eigenvalue weighted by Gasteiger charge is -2.16. The van der Waals surface area contributed by atoms with E-state index in [1.165, 1.54) is 23.4 Å². The Hall–Kier alpha value is -3.68. The molecule has 0 aliphatic carbocycles. The molecule has 2 aromatic heterocycles. The summed E-state index contributed by atoms with van der Waals surface area (Å²) < 4.78 is 6.69. The van der Waals surface area contributed by atoms with E-state index in [0.717, 1.165) is 5.56 Å². The Bertz CT molecular complexity index is 916. The summed E-state index contributed by atoms with van der Waals surface area (Å²) in [7, 11) is 0. The average Bonchev–Trinajstić information content (AvgIpc) is 3.32. The van der Waals surface area contributed by atoms with Gasteiger partial charge in [-0.05, 0) is 11.6 Å². The molecule has 26 heavy (non-hydrogen) atoms. The molecule has 132 valence electrons. The number of hydrogen-bond donors (Lipinski definition) is 2. The fraction of sp³-hybridized carbons (Fsp3) is 0.111. The Morgan fingerprint density at radius 3 is 2.58 bits per heavy atom. The molecule has 0 aliphatic heterocycles. The van der Waals surface area contributed by atoms with Crippen LogP contribution in [0.1, 0.15) is 16.1 Å². The van der Waals surface area contributed by atoms with Crippen LogP contribution in [0.2, 0.25) is 0 Å². The Balaban J connectivity index is 1.83. The molecule has 1 unspecified atom stereocenters. The molecule has 0 saturated carbocycles. The molecule has 3 rings (SSSR count). The molecule has 0 fully saturated rings. The van der Waals surface area contributed by atoms with Gasteiger partial charge in [-0.25, -0.2) is 4.98 Å². The first-order valence-corrected chi connectivity index (χ1v) is 7.81. The minimum Gasteiger partial charge on any atom is -0.448 e. The van der Waals surface area contributed by atoms with E-state index in [-0.39, 0.29) is 12.1 Å². The lowest BCUT2D eigenvalue weighted by atomic mass is 10.0. The number of nitrogens with zero attached hydrogens (tertiary/aromatic N) is 2. The molecular formula is C18H16N4O4. The molecule has 0 bridgehead atoms. The standard InChI is InChI=1S/C18H16N4O4/c19-17(24)16(23)13(9-12-5-2-1-3-6-12)21-18(25)14-10-20-11-22(14)15-7-4-8-26-15/h1-8,10-11,13H,9H2,(H2,19,24)(H,21,25). The van der Waals surface area contributed by atoms with E-state index in [2.05, 4.69) is 10.3 Å². The first kappa shape index (κ1) is 17.2. The van der Waals surface area contributed by atoms with Crippen LogP contribution in [0, 0.1) is 0 Å². The van der Waals surface area contributed by atoms with Crippen molar-refractivity contribution in [2.75, 3.05) is 0 Å². The van der Waals surface area contributed by atoms with Crippen molar-refractivity contribution in [1.82, 2.24) is 14.9 Å². The highest BCUT2D eigenvalue weighted by atomic mass is 16.3. The van der Waals surface area contributed by atoms with Crippen LogP contribution in [0.15, 0.2) is 65.7 Å². The maximum atomic E-state index is 12.6. The number of Topliss-reactive ketones (excluding diaryl/α,β-unsaturated/α-hetero) is 1. The zero-order chi connectivity index (χ0) is 18.5. The maximum absolute atomic E-state index is 12.6. The van der Waals surface area contributed by atoms with Crippen LogP contribution in [0.25, 0.3) is 5.88 Å². The SMILES string of the molecule is NC(=O)C(=O)C(Cc1ccccc1)NC(=O)c1cncn1-c1ccco1. The third kappa shape index (κ3) is 3.69. The van der Waals surface area contributed by atoms with E-state index >= 15 is 0 Å². The van der Waals surface area contributed by atoms with E-state index < -0.39 is 23.6 Å². The summed E-state index contributed by atoms with van der Waals surface area (Å²) in [5.74, 6) is -2.15. The van der Waals surface area contributed by atoms with Crippen LogP contribution in [0.4, 0.5) is 0 Å². The molecule has 3 N–H and O–H groups in total. The van der Waals surface area contributed by atoms with Crippen LogP contribution in [0.5, 0.6) is 0 Å². The van der Waals surface area contributed by atoms with Crippen molar-refractivity contribution < 1.29 is 18.8 Å². The number of imidazole rings is 1. The number of aromatic nitrogens is 2. The van der Waals surface area contributed by atoms with Gasteiger partial charge in [-0.1, -0.05) is 30.3 Å². The van der Waals surface area contributed by atoms with E-state index in [0.29, 0.717) is 5.88 Å². The summed E-state index contributed by atoms with van der Waals surface area (Å²) in [6.45, 7) is 0. The first-order chi connectivity index (χ1) is 12.6. The van der Waals surface area contributed by atoms with Gasteiger partial charge < -0.3 is 15.5 Å². The molecule has 0 spiro atoms. The Labute approximate surface area is 148 Å². The predicted molar refractivity (Wildman–Crippen MR) is 91.4 cm³/mol. The third-order valence-electron chi connectivity index (χ3n) is 3.76. The van der Waals surface area contributed by atoms with Crippen LogP contribution in [-0.2, 0) is 16.0 Å². The molecular weight excluding hydrogens is 336 g/mol. The summed E-state index contributed by atoms with van der Waals surface area (Å²) in [4.78, 5) is 40.0. The average molecular weight is 352 g/mol. The quantitative estimate of drug-likeness (QED) is 0.611. The summed E-state index contributed by atoms with van der Waals surface area (Å²) in [5.41, 5.74) is 6.07. The van der Waals surface area contributed by atoms with E-state index in [4.69, 9.17) is 10.2 Å². The number of amides is 2. The molecule has 8 heteroatoms. The van der Waals surface area contributed by atoms with Gasteiger partial charge in [-0.15, -0.1) is 0 Å². The number of primary amides is 1. The highest BCUT2D eigenvalue weighted by Gasteiger charge is 2.27. The van der Waals surface area contributed by atoms with Gasteiger partial charge in [0.05, 0.1) is 12.5 Å². The smallest absolute Gasteiger partial charge is 0.287 e. The van der Waals surface area contributed by atoms with Gasteiger partial charge in [0.1, 0.15) is 18.1 Å². The summed E-state index contributed by atoms with van der Waals surface area (Å²) in [6, 6.07) is 11.3. The van der Waals surface area contributed by atoms with Crippen LogP contribution in [-0.4, -0.2) is 33.2 Å². The number of carbonyl (C=O) groups is 3. The molecule has 0 saturated heterocycles. The number of ketones is 1. The van der Waals surface area contributed by atoms with Crippen molar-refractivity contribution in [1.29, 1.82) is 0 Å². The topological polar surface area (TPSA) is 120 Å². The summed E-state index contributed by atoms with van der Waals surface area (Å²) >= 11 is 0. The fourth-order valence-electron chi connectivity index (χ4n) is 2.51. The number of benzene rings is 1. The van der Waals surface area contributed by atoms with Crippen molar-refractivity contribution in [2.24, 2.45) is 5.73 Å². The van der Waals surface area contributed by atoms with Crippen molar-refractivity contribution >= 4 is 17.6 Å². The fourth-order valence-corrected chi connectivity index (χ4v) is 2.51. The first-order valence-electron chi connectivity index (χ1n) is 7.81. The van der Waals surface area contributed by atoms with Crippen molar-refractivity contribution in [3.8, 4) is 5.88 Å². The minimum absolute atomic E-state index is 0.142. The van der Waals surface area contributed by atoms with Crippen LogP contribution in [0.3, 0.4) is 0 Å². The van der Waals surface area contributed by atoms with E-state index in [9.17, 15) is 14.4 Å². The van der Waals surface area contributed by atoms with Gasteiger partial charge in [0.25, 0.3) is 11.8 Å². The molecule has 0 aliphatic rings. The molecule has 8 nitrogen and oxygen atoms in total. The van der Waals surface area contributed by atoms with Gasteiger partial charge in [0.2, 0.25) is 11.7 Å². The zero-order valence-corrected chi connectivity index (χ0v) is 13.7. The Morgan fingerprint density at radius 2 is 1.92 bits per heavy atom. The highest BCUT2D eigenvalue weighted by molar-refractivity contribution is 6.38. The van der Waals surface area contributed by atoms with Crippen LogP contribution >= 0.6 is 0 Å². The van der Waals surface area contributed by atoms with Gasteiger partial charge >= 0.3 is 0 Å². The third-order valence-corrected chi connectivity index (χ3v) is 3.76. The maximum Gasteiger partial charge on any atom is 0.287 e. The molecule has 0 radical (unpaired) electrons. The number of nitrogens with one attached hydrogen (secondary N) is 1. The number of furan rings is 1. The molecule has 2 heterocycles. The second kappa shape index (κ2) is 7.47. The van der Waals surface area contributed by atoms with Crippen molar-refractivity contribution in [2.45, 2.75) is 12.5 Å². The summed E-state index contributed by atoms with van der Waals surface area (Å²) in [6.07, 6.45) is 4.36. The second-order valence-electron chi connectivity index (χ2n) is 5.54. The van der Waals surface area contributed by atoms with Crippen molar-refractivity contribution in [3.05, 3.63) is 72.5 Å². The van der Waals surface area contributed by atoms with Gasteiger partial charge in [-0.2, -0.15) is 0 Å². The lowest BCUT2D eigenvalue weighted by Crippen LogP contribution is -2.47. The second-order valence-corrected chi connectivity index (χ2v) is 5.54. The molecule has 3 aromatic rings.